The molecule has 1 aromatic carbocycles. The SMILES string of the molecule is CCN(C)S(=O)(=O)Nc1cccc(C(=O)O)c1. The molecule has 0 amide bonds. The summed E-state index contributed by atoms with van der Waals surface area (Å²) in [4.78, 5) is 10.7. The van der Waals surface area contributed by atoms with Gasteiger partial charge in [-0.1, -0.05) is 13.0 Å². The van der Waals surface area contributed by atoms with E-state index in [4.69, 9.17) is 5.11 Å². The standard InChI is InChI=1S/C10H14N2O4S/c1-3-12(2)17(15,16)11-9-6-4-5-8(7-9)10(13)14/h4-7,11H,3H2,1-2H3,(H,13,14). The molecule has 0 fully saturated rings. The predicted octanol–water partition coefficient (Wildman–Crippen LogP) is 0.993. The van der Waals surface area contributed by atoms with Gasteiger partial charge >= 0.3 is 16.2 Å². The first-order valence-corrected chi connectivity index (χ1v) is 6.38. The van der Waals surface area contributed by atoms with Crippen molar-refractivity contribution in [2.75, 3.05) is 18.3 Å². The fourth-order valence-electron chi connectivity index (χ4n) is 1.11. The number of nitrogens with one attached hydrogen (secondary N) is 1. The zero-order chi connectivity index (χ0) is 13.1. The summed E-state index contributed by atoms with van der Waals surface area (Å²) in [5.41, 5.74) is 0.259. The van der Waals surface area contributed by atoms with Crippen molar-refractivity contribution in [2.24, 2.45) is 0 Å². The average molecular weight is 258 g/mol. The molecule has 0 aliphatic rings. The molecule has 0 unspecified atom stereocenters. The molecule has 2 N–H and O–H groups in total. The molecule has 0 aliphatic carbocycles. The van der Waals surface area contributed by atoms with E-state index in [0.29, 0.717) is 6.54 Å². The van der Waals surface area contributed by atoms with Gasteiger partial charge in [-0.05, 0) is 18.2 Å². The lowest BCUT2D eigenvalue weighted by molar-refractivity contribution is 0.0697. The van der Waals surface area contributed by atoms with E-state index in [1.165, 1.54) is 31.3 Å². The number of rotatable bonds is 5. The number of anilines is 1. The predicted molar refractivity (Wildman–Crippen MR) is 64.2 cm³/mol. The van der Waals surface area contributed by atoms with Crippen molar-refractivity contribution in [3.8, 4) is 0 Å². The van der Waals surface area contributed by atoms with E-state index in [-0.39, 0.29) is 11.3 Å². The zero-order valence-electron chi connectivity index (χ0n) is 9.54. The molecule has 6 nitrogen and oxygen atoms in total. The average Bonchev–Trinajstić information content (AvgIpc) is 2.27. The Morgan fingerprint density at radius 3 is 2.65 bits per heavy atom. The van der Waals surface area contributed by atoms with Crippen LogP contribution >= 0.6 is 0 Å². The molecule has 0 spiro atoms. The minimum absolute atomic E-state index is 0.0318. The fraction of sp³-hybridized carbons (Fsp3) is 0.300. The lowest BCUT2D eigenvalue weighted by atomic mass is 10.2. The van der Waals surface area contributed by atoms with E-state index in [1.807, 2.05) is 0 Å². The molecule has 0 aliphatic heterocycles. The number of hydrogen-bond acceptors (Lipinski definition) is 3. The highest BCUT2D eigenvalue weighted by Gasteiger charge is 2.16. The Morgan fingerprint density at radius 1 is 1.47 bits per heavy atom. The summed E-state index contributed by atoms with van der Waals surface area (Å²) >= 11 is 0. The highest BCUT2D eigenvalue weighted by Crippen LogP contribution is 2.13. The van der Waals surface area contributed by atoms with Gasteiger partial charge in [0.2, 0.25) is 0 Å². The van der Waals surface area contributed by atoms with E-state index < -0.39 is 16.2 Å². The van der Waals surface area contributed by atoms with Gasteiger partial charge in [0.05, 0.1) is 11.3 Å². The summed E-state index contributed by atoms with van der Waals surface area (Å²) in [5.74, 6) is -1.10. The molecular formula is C10H14N2O4S. The molecule has 17 heavy (non-hydrogen) atoms. The molecular weight excluding hydrogens is 244 g/mol. The van der Waals surface area contributed by atoms with Gasteiger partial charge in [0.25, 0.3) is 0 Å². The van der Waals surface area contributed by atoms with Crippen molar-refractivity contribution in [1.82, 2.24) is 4.31 Å². The van der Waals surface area contributed by atoms with E-state index in [1.54, 1.807) is 6.92 Å². The molecule has 0 bridgehead atoms. The Kier molecular flexibility index (Phi) is 4.08. The second-order valence-corrected chi connectivity index (χ2v) is 5.18. The van der Waals surface area contributed by atoms with E-state index in [9.17, 15) is 13.2 Å². The van der Waals surface area contributed by atoms with Crippen LogP contribution in [0.15, 0.2) is 24.3 Å². The normalized spacial score (nSPS) is 11.5. The first-order valence-electron chi connectivity index (χ1n) is 4.94. The molecule has 0 saturated carbocycles. The Morgan fingerprint density at radius 2 is 2.12 bits per heavy atom. The number of carboxylic acids is 1. The Bertz CT molecular complexity index is 513. The number of aromatic carboxylic acids is 1. The number of carbonyl (C=O) groups is 1. The summed E-state index contributed by atoms with van der Waals surface area (Å²) < 4.78 is 26.8. The number of nitrogens with zero attached hydrogens (tertiary/aromatic N) is 1. The summed E-state index contributed by atoms with van der Waals surface area (Å²) in [5, 5.41) is 8.78. The lowest BCUT2D eigenvalue weighted by Gasteiger charge is -2.16. The van der Waals surface area contributed by atoms with Gasteiger partial charge in [-0.2, -0.15) is 12.7 Å². The maximum Gasteiger partial charge on any atom is 0.335 e. The van der Waals surface area contributed by atoms with Crippen LogP contribution in [0.5, 0.6) is 0 Å². The Hall–Kier alpha value is -1.60. The molecule has 94 valence electrons. The largest absolute Gasteiger partial charge is 0.478 e. The van der Waals surface area contributed by atoms with Crippen molar-refractivity contribution in [3.63, 3.8) is 0 Å². The maximum atomic E-state index is 11.7. The van der Waals surface area contributed by atoms with Crippen LogP contribution in [0.3, 0.4) is 0 Å². The summed E-state index contributed by atoms with van der Waals surface area (Å²) in [6.07, 6.45) is 0. The molecule has 0 heterocycles. The number of hydrogen-bond donors (Lipinski definition) is 2. The van der Waals surface area contributed by atoms with Crippen molar-refractivity contribution in [1.29, 1.82) is 0 Å². The summed E-state index contributed by atoms with van der Waals surface area (Å²) in [6, 6.07) is 5.63. The smallest absolute Gasteiger partial charge is 0.335 e. The molecule has 0 atom stereocenters. The third-order valence-electron chi connectivity index (χ3n) is 2.21. The third kappa shape index (κ3) is 3.43. The first kappa shape index (κ1) is 13.5. The molecule has 0 radical (unpaired) electrons. The number of benzene rings is 1. The zero-order valence-corrected chi connectivity index (χ0v) is 10.4. The van der Waals surface area contributed by atoms with Crippen LogP contribution in [-0.4, -0.2) is 37.4 Å². The third-order valence-corrected chi connectivity index (χ3v) is 3.78. The monoisotopic (exact) mass is 258 g/mol. The van der Waals surface area contributed by atoms with Crippen LogP contribution in [0.4, 0.5) is 5.69 Å². The minimum Gasteiger partial charge on any atom is -0.478 e. The second kappa shape index (κ2) is 5.15. The van der Waals surface area contributed by atoms with Gasteiger partial charge in [-0.3, -0.25) is 4.72 Å². The van der Waals surface area contributed by atoms with Gasteiger partial charge in [-0.25, -0.2) is 4.79 Å². The first-order chi connectivity index (χ1) is 7.86. The van der Waals surface area contributed by atoms with Gasteiger partial charge in [-0.15, -0.1) is 0 Å². The maximum absolute atomic E-state index is 11.7. The molecule has 0 saturated heterocycles. The van der Waals surface area contributed by atoms with E-state index in [2.05, 4.69) is 4.72 Å². The highest BCUT2D eigenvalue weighted by atomic mass is 32.2. The summed E-state index contributed by atoms with van der Waals surface area (Å²) in [6.45, 7) is 2.03. The van der Waals surface area contributed by atoms with E-state index >= 15 is 0 Å². The van der Waals surface area contributed by atoms with Crippen LogP contribution in [0.2, 0.25) is 0 Å². The highest BCUT2D eigenvalue weighted by molar-refractivity contribution is 7.90. The van der Waals surface area contributed by atoms with Gasteiger partial charge in [0.15, 0.2) is 0 Å². The van der Waals surface area contributed by atoms with Crippen molar-refractivity contribution in [2.45, 2.75) is 6.92 Å². The lowest BCUT2D eigenvalue weighted by Crippen LogP contribution is -2.32. The van der Waals surface area contributed by atoms with Crippen molar-refractivity contribution >= 4 is 21.9 Å². The second-order valence-electron chi connectivity index (χ2n) is 3.41. The topological polar surface area (TPSA) is 86.7 Å². The van der Waals surface area contributed by atoms with Crippen LogP contribution in [0, 0.1) is 0 Å². The van der Waals surface area contributed by atoms with Crippen LogP contribution in [0.25, 0.3) is 0 Å². The molecule has 7 heteroatoms. The number of carboxylic acid groups (broad SMARTS) is 1. The van der Waals surface area contributed by atoms with Crippen LogP contribution in [0.1, 0.15) is 17.3 Å². The minimum atomic E-state index is -3.62. The van der Waals surface area contributed by atoms with Crippen LogP contribution in [-0.2, 0) is 10.2 Å². The van der Waals surface area contributed by atoms with Gasteiger partial charge in [0, 0.05) is 13.6 Å². The molecule has 0 aromatic heterocycles. The quantitative estimate of drug-likeness (QED) is 0.824. The van der Waals surface area contributed by atoms with Gasteiger partial charge in [0.1, 0.15) is 0 Å². The van der Waals surface area contributed by atoms with Crippen molar-refractivity contribution < 1.29 is 18.3 Å². The molecule has 1 rings (SSSR count). The van der Waals surface area contributed by atoms with Crippen molar-refractivity contribution in [3.05, 3.63) is 29.8 Å². The van der Waals surface area contributed by atoms with Gasteiger partial charge < -0.3 is 5.11 Å². The Balaban J connectivity index is 2.96. The fourth-order valence-corrected chi connectivity index (χ4v) is 2.03. The molecule has 1 aromatic rings. The summed E-state index contributed by atoms with van der Waals surface area (Å²) in [7, 11) is -2.18. The van der Waals surface area contributed by atoms with E-state index in [0.717, 1.165) is 4.31 Å². The van der Waals surface area contributed by atoms with Crippen LogP contribution < -0.4 is 4.72 Å². The Labute approximate surface area is 100 Å².